The summed E-state index contributed by atoms with van der Waals surface area (Å²) in [6.07, 6.45) is 5.33. The maximum absolute atomic E-state index is 11.5. The monoisotopic (exact) mass is 264 g/mol. The van der Waals surface area contributed by atoms with Crippen molar-refractivity contribution in [3.05, 3.63) is 18.2 Å². The van der Waals surface area contributed by atoms with Gasteiger partial charge in [-0.1, -0.05) is 0 Å². The first-order chi connectivity index (χ1) is 8.87. The maximum Gasteiger partial charge on any atom is 0.222 e. The quantitative estimate of drug-likeness (QED) is 0.901. The Kier molecular flexibility index (Phi) is 3.94. The van der Waals surface area contributed by atoms with Crippen LogP contribution in [0.2, 0.25) is 0 Å². The van der Waals surface area contributed by atoms with Gasteiger partial charge in [0, 0.05) is 38.3 Å². The molecule has 0 aromatic carbocycles. The Balaban J connectivity index is 2.05. The average Bonchev–Trinajstić information content (AvgIpc) is 2.77. The number of rotatable bonds is 3. The van der Waals surface area contributed by atoms with Crippen LogP contribution in [0.1, 0.15) is 45.3 Å². The highest BCUT2D eigenvalue weighted by atomic mass is 16.2. The van der Waals surface area contributed by atoms with Gasteiger partial charge in [-0.3, -0.25) is 4.79 Å². The summed E-state index contributed by atoms with van der Waals surface area (Å²) in [5, 5.41) is 3.48. The highest BCUT2D eigenvalue weighted by Gasteiger charge is 2.25. The molecular weight excluding hydrogens is 240 g/mol. The number of piperidine rings is 1. The highest BCUT2D eigenvalue weighted by molar-refractivity contribution is 5.76. The Labute approximate surface area is 115 Å². The number of carbonyl (C=O) groups excluding carboxylic acids is 1. The van der Waals surface area contributed by atoms with E-state index >= 15 is 0 Å². The van der Waals surface area contributed by atoms with Gasteiger partial charge in [0.1, 0.15) is 0 Å². The van der Waals surface area contributed by atoms with Crippen LogP contribution in [-0.4, -0.2) is 39.5 Å². The molecule has 0 bridgehead atoms. The van der Waals surface area contributed by atoms with E-state index in [9.17, 15) is 4.79 Å². The summed E-state index contributed by atoms with van der Waals surface area (Å²) < 4.78 is 2.21. The molecule has 0 aliphatic carbocycles. The normalized spacial score (nSPS) is 20.9. The number of hydrogen-bond donors (Lipinski definition) is 1. The number of likely N-dealkylation sites (N-methyl/N-ethyl adjacent to an activating group) is 1. The van der Waals surface area contributed by atoms with Gasteiger partial charge in [-0.25, -0.2) is 4.98 Å². The minimum absolute atomic E-state index is 0.0917. The van der Waals surface area contributed by atoms with Crippen molar-refractivity contribution in [3.63, 3.8) is 0 Å². The summed E-state index contributed by atoms with van der Waals surface area (Å²) in [6.45, 7) is 8.04. The molecule has 5 nitrogen and oxygen atoms in total. The van der Waals surface area contributed by atoms with Crippen molar-refractivity contribution in [2.24, 2.45) is 0 Å². The summed E-state index contributed by atoms with van der Waals surface area (Å²) in [5.41, 5.74) is 1.27. The van der Waals surface area contributed by atoms with E-state index in [2.05, 4.69) is 35.6 Å². The fourth-order valence-electron chi connectivity index (χ4n) is 2.37. The number of carbonyl (C=O) groups is 1. The topological polar surface area (TPSA) is 50.2 Å². The number of likely N-dealkylation sites (tertiary alicyclic amines) is 1. The van der Waals surface area contributed by atoms with Gasteiger partial charge in [0.25, 0.3) is 0 Å². The molecule has 1 fully saturated rings. The Bertz CT molecular complexity index is 447. The lowest BCUT2D eigenvalue weighted by molar-refractivity contribution is -0.132. The Morgan fingerprint density at radius 2 is 2.21 bits per heavy atom. The van der Waals surface area contributed by atoms with Crippen LogP contribution in [0.15, 0.2) is 12.5 Å². The highest BCUT2D eigenvalue weighted by Crippen LogP contribution is 2.23. The van der Waals surface area contributed by atoms with Crippen LogP contribution < -0.4 is 5.32 Å². The smallest absolute Gasteiger partial charge is 0.222 e. The van der Waals surface area contributed by atoms with Crippen molar-refractivity contribution in [3.8, 4) is 0 Å². The van der Waals surface area contributed by atoms with Crippen LogP contribution >= 0.6 is 0 Å². The Hall–Kier alpha value is -1.36. The van der Waals surface area contributed by atoms with Crippen LogP contribution in [0.25, 0.3) is 0 Å². The maximum atomic E-state index is 11.5. The molecule has 2 rings (SSSR count). The van der Waals surface area contributed by atoms with E-state index in [-0.39, 0.29) is 11.4 Å². The van der Waals surface area contributed by atoms with E-state index in [0.717, 1.165) is 19.5 Å². The largest absolute Gasteiger partial charge is 0.344 e. The second-order valence-electron chi connectivity index (χ2n) is 6.36. The van der Waals surface area contributed by atoms with Gasteiger partial charge >= 0.3 is 0 Å². The van der Waals surface area contributed by atoms with Crippen LogP contribution in [0, 0.1) is 0 Å². The molecule has 1 atom stereocenters. The van der Waals surface area contributed by atoms with Gasteiger partial charge < -0.3 is 14.8 Å². The van der Waals surface area contributed by atoms with E-state index in [1.54, 1.807) is 0 Å². The van der Waals surface area contributed by atoms with E-state index in [0.29, 0.717) is 12.5 Å². The van der Waals surface area contributed by atoms with E-state index < -0.39 is 0 Å². The van der Waals surface area contributed by atoms with E-state index in [1.807, 2.05) is 24.5 Å². The fraction of sp³-hybridized carbons (Fsp3) is 0.714. The minimum Gasteiger partial charge on any atom is -0.344 e. The third-order valence-electron chi connectivity index (χ3n) is 3.54. The van der Waals surface area contributed by atoms with Crippen molar-refractivity contribution < 1.29 is 4.79 Å². The van der Waals surface area contributed by atoms with Gasteiger partial charge in [-0.2, -0.15) is 0 Å². The number of aromatic nitrogens is 2. The zero-order chi connectivity index (χ0) is 14.0. The van der Waals surface area contributed by atoms with Crippen LogP contribution in [0.3, 0.4) is 0 Å². The number of nitrogens with zero attached hydrogens (tertiary/aromatic N) is 3. The Morgan fingerprint density at radius 3 is 2.84 bits per heavy atom. The number of nitrogens with one attached hydrogen (secondary N) is 1. The number of amides is 1. The molecule has 5 heteroatoms. The molecule has 1 aromatic rings. The number of imidazole rings is 1. The zero-order valence-electron chi connectivity index (χ0n) is 12.3. The molecular formula is C14H24N4O. The summed E-state index contributed by atoms with van der Waals surface area (Å²) in [4.78, 5) is 17.6. The van der Waals surface area contributed by atoms with Crippen molar-refractivity contribution in [1.29, 1.82) is 0 Å². The lowest BCUT2D eigenvalue weighted by atomic mass is 10.1. The molecule has 0 spiro atoms. The lowest BCUT2D eigenvalue weighted by Gasteiger charge is -2.31. The van der Waals surface area contributed by atoms with Gasteiger partial charge in [-0.15, -0.1) is 0 Å². The average molecular weight is 264 g/mol. The van der Waals surface area contributed by atoms with Gasteiger partial charge in [0.05, 0.1) is 18.1 Å². The molecule has 1 unspecified atom stereocenters. The first kappa shape index (κ1) is 14.1. The predicted molar refractivity (Wildman–Crippen MR) is 74.7 cm³/mol. The molecule has 2 heterocycles. The minimum atomic E-state index is 0.0917. The van der Waals surface area contributed by atoms with Crippen molar-refractivity contribution >= 4 is 5.91 Å². The Morgan fingerprint density at radius 1 is 1.47 bits per heavy atom. The third kappa shape index (κ3) is 3.56. The standard InChI is InChI=1S/C14H24N4O/c1-14(2,3)16-8-12-7-15-10-18(12)11-5-6-13(19)17(4)9-11/h7,10-11,16H,5-6,8-9H2,1-4H3. The second kappa shape index (κ2) is 5.33. The van der Waals surface area contributed by atoms with Crippen molar-refractivity contribution in [2.45, 2.75) is 51.7 Å². The predicted octanol–water partition coefficient (Wildman–Crippen LogP) is 1.56. The molecule has 1 saturated heterocycles. The number of hydrogen-bond acceptors (Lipinski definition) is 3. The molecule has 19 heavy (non-hydrogen) atoms. The van der Waals surface area contributed by atoms with Crippen molar-refractivity contribution in [1.82, 2.24) is 19.8 Å². The molecule has 106 valence electrons. The third-order valence-corrected chi connectivity index (χ3v) is 3.54. The molecule has 1 aromatic heterocycles. The van der Waals surface area contributed by atoms with E-state index in [4.69, 9.17) is 0 Å². The second-order valence-corrected chi connectivity index (χ2v) is 6.36. The van der Waals surface area contributed by atoms with Crippen LogP contribution in [0.5, 0.6) is 0 Å². The SMILES string of the molecule is CN1CC(n2cncc2CNC(C)(C)C)CCC1=O. The van der Waals surface area contributed by atoms with Crippen LogP contribution in [-0.2, 0) is 11.3 Å². The molecule has 0 radical (unpaired) electrons. The first-order valence-corrected chi connectivity index (χ1v) is 6.86. The summed E-state index contributed by atoms with van der Waals surface area (Å²) in [7, 11) is 1.87. The summed E-state index contributed by atoms with van der Waals surface area (Å²) in [5.74, 6) is 0.241. The van der Waals surface area contributed by atoms with Crippen LogP contribution in [0.4, 0.5) is 0 Å². The summed E-state index contributed by atoms with van der Waals surface area (Å²) in [6, 6.07) is 0.349. The molecule has 0 saturated carbocycles. The van der Waals surface area contributed by atoms with E-state index in [1.165, 1.54) is 5.69 Å². The van der Waals surface area contributed by atoms with Crippen molar-refractivity contribution in [2.75, 3.05) is 13.6 Å². The molecule has 1 amide bonds. The van der Waals surface area contributed by atoms with Gasteiger partial charge in [-0.05, 0) is 27.2 Å². The first-order valence-electron chi connectivity index (χ1n) is 6.86. The van der Waals surface area contributed by atoms with Gasteiger partial charge in [0.2, 0.25) is 5.91 Å². The summed E-state index contributed by atoms with van der Waals surface area (Å²) >= 11 is 0. The molecule has 1 aliphatic heterocycles. The fourth-order valence-corrected chi connectivity index (χ4v) is 2.37. The molecule has 1 N–H and O–H groups in total. The zero-order valence-corrected chi connectivity index (χ0v) is 12.3. The van der Waals surface area contributed by atoms with Gasteiger partial charge in [0.15, 0.2) is 0 Å². The lowest BCUT2D eigenvalue weighted by Crippen LogP contribution is -2.39. The molecule has 1 aliphatic rings.